The Labute approximate surface area is 105 Å². The van der Waals surface area contributed by atoms with Gasteiger partial charge in [-0.2, -0.15) is 5.10 Å². The van der Waals surface area contributed by atoms with Crippen LogP contribution in [0, 0.1) is 0 Å². The first-order valence-corrected chi connectivity index (χ1v) is 5.70. The third-order valence-electron chi connectivity index (χ3n) is 2.52. The monoisotopic (exact) mass is 245 g/mol. The SMILES string of the molecule is CN(CCOc1ccccc1)C(=O)c1ccn[nH]1. The Balaban J connectivity index is 1.79. The number of H-pyrrole nitrogens is 1. The molecule has 0 atom stereocenters. The zero-order chi connectivity index (χ0) is 12.8. The minimum atomic E-state index is -0.0934. The number of nitrogens with one attached hydrogen (secondary N) is 1. The van der Waals surface area contributed by atoms with E-state index in [4.69, 9.17) is 4.74 Å². The van der Waals surface area contributed by atoms with Crippen molar-refractivity contribution in [3.05, 3.63) is 48.3 Å². The first-order valence-electron chi connectivity index (χ1n) is 5.70. The maximum absolute atomic E-state index is 11.8. The lowest BCUT2D eigenvalue weighted by molar-refractivity contribution is 0.0768. The Morgan fingerprint density at radius 2 is 2.11 bits per heavy atom. The molecule has 0 unspecified atom stereocenters. The maximum Gasteiger partial charge on any atom is 0.271 e. The molecular formula is C13H15N3O2. The van der Waals surface area contributed by atoms with Gasteiger partial charge in [-0.3, -0.25) is 9.89 Å². The van der Waals surface area contributed by atoms with E-state index in [-0.39, 0.29) is 5.91 Å². The van der Waals surface area contributed by atoms with Crippen LogP contribution in [0.5, 0.6) is 5.75 Å². The highest BCUT2D eigenvalue weighted by Crippen LogP contribution is 2.08. The fourth-order valence-corrected chi connectivity index (χ4v) is 1.50. The Bertz CT molecular complexity index is 482. The first-order chi connectivity index (χ1) is 8.77. The molecule has 0 bridgehead atoms. The molecular weight excluding hydrogens is 230 g/mol. The van der Waals surface area contributed by atoms with Crippen molar-refractivity contribution in [3.8, 4) is 5.75 Å². The molecule has 2 aromatic rings. The van der Waals surface area contributed by atoms with E-state index < -0.39 is 0 Å². The van der Waals surface area contributed by atoms with Gasteiger partial charge in [0.1, 0.15) is 18.1 Å². The molecule has 1 N–H and O–H groups in total. The Morgan fingerprint density at radius 1 is 1.33 bits per heavy atom. The molecule has 0 radical (unpaired) electrons. The largest absolute Gasteiger partial charge is 0.492 e. The van der Waals surface area contributed by atoms with E-state index in [0.717, 1.165) is 5.75 Å². The zero-order valence-corrected chi connectivity index (χ0v) is 10.2. The van der Waals surface area contributed by atoms with Gasteiger partial charge in [-0.15, -0.1) is 0 Å². The molecule has 1 amide bonds. The van der Waals surface area contributed by atoms with E-state index in [2.05, 4.69) is 10.2 Å². The van der Waals surface area contributed by atoms with Crippen LogP contribution in [0.15, 0.2) is 42.6 Å². The van der Waals surface area contributed by atoms with Crippen LogP contribution in [-0.2, 0) is 0 Å². The van der Waals surface area contributed by atoms with E-state index >= 15 is 0 Å². The topological polar surface area (TPSA) is 58.2 Å². The molecule has 5 heteroatoms. The number of benzene rings is 1. The smallest absolute Gasteiger partial charge is 0.271 e. The summed E-state index contributed by atoms with van der Waals surface area (Å²) in [6.45, 7) is 0.979. The molecule has 0 saturated carbocycles. The van der Waals surface area contributed by atoms with E-state index in [1.807, 2.05) is 30.3 Å². The van der Waals surface area contributed by atoms with Crippen LogP contribution in [0.1, 0.15) is 10.5 Å². The molecule has 0 spiro atoms. The second kappa shape index (κ2) is 5.86. The molecule has 0 aliphatic rings. The van der Waals surface area contributed by atoms with Crippen molar-refractivity contribution in [2.45, 2.75) is 0 Å². The van der Waals surface area contributed by atoms with E-state index in [1.54, 1.807) is 24.2 Å². The highest BCUT2D eigenvalue weighted by molar-refractivity contribution is 5.91. The number of likely N-dealkylation sites (N-methyl/N-ethyl adjacent to an activating group) is 1. The van der Waals surface area contributed by atoms with Gasteiger partial charge < -0.3 is 9.64 Å². The lowest BCUT2D eigenvalue weighted by Crippen LogP contribution is -2.31. The summed E-state index contributed by atoms with van der Waals surface area (Å²) in [5, 5.41) is 6.39. The number of amides is 1. The molecule has 94 valence electrons. The van der Waals surface area contributed by atoms with Gasteiger partial charge in [0.2, 0.25) is 0 Å². The molecule has 0 saturated heterocycles. The zero-order valence-electron chi connectivity index (χ0n) is 10.2. The normalized spacial score (nSPS) is 10.1. The molecule has 0 fully saturated rings. The third kappa shape index (κ3) is 3.10. The number of hydrogen-bond acceptors (Lipinski definition) is 3. The van der Waals surface area contributed by atoms with Crippen molar-refractivity contribution >= 4 is 5.91 Å². The predicted molar refractivity (Wildman–Crippen MR) is 67.5 cm³/mol. The number of aromatic nitrogens is 2. The standard InChI is InChI=1S/C13H15N3O2/c1-16(13(17)12-7-8-14-15-12)9-10-18-11-5-3-2-4-6-11/h2-8H,9-10H2,1H3,(H,14,15). The molecule has 0 aliphatic carbocycles. The number of carbonyl (C=O) groups is 1. The van der Waals surface area contributed by atoms with Crippen LogP contribution in [0.25, 0.3) is 0 Å². The van der Waals surface area contributed by atoms with Crippen LogP contribution in [-0.4, -0.2) is 41.2 Å². The summed E-state index contributed by atoms with van der Waals surface area (Å²) in [6.07, 6.45) is 1.56. The van der Waals surface area contributed by atoms with Crippen LogP contribution >= 0.6 is 0 Å². The number of carbonyl (C=O) groups excluding carboxylic acids is 1. The predicted octanol–water partition coefficient (Wildman–Crippen LogP) is 1.56. The number of para-hydroxylation sites is 1. The molecule has 1 aromatic carbocycles. The quantitative estimate of drug-likeness (QED) is 0.869. The average molecular weight is 245 g/mol. The van der Waals surface area contributed by atoms with Gasteiger partial charge >= 0.3 is 0 Å². The highest BCUT2D eigenvalue weighted by Gasteiger charge is 2.12. The fourth-order valence-electron chi connectivity index (χ4n) is 1.50. The molecule has 5 nitrogen and oxygen atoms in total. The van der Waals surface area contributed by atoms with E-state index in [9.17, 15) is 4.79 Å². The first kappa shape index (κ1) is 12.2. The highest BCUT2D eigenvalue weighted by atomic mass is 16.5. The minimum absolute atomic E-state index is 0.0934. The number of nitrogens with zero attached hydrogens (tertiary/aromatic N) is 2. The molecule has 18 heavy (non-hydrogen) atoms. The maximum atomic E-state index is 11.8. The van der Waals surface area contributed by atoms with Crippen LogP contribution in [0.4, 0.5) is 0 Å². The lowest BCUT2D eigenvalue weighted by atomic mass is 10.3. The summed E-state index contributed by atoms with van der Waals surface area (Å²) >= 11 is 0. The molecule has 1 heterocycles. The van der Waals surface area contributed by atoms with Crippen LogP contribution in [0.2, 0.25) is 0 Å². The van der Waals surface area contributed by atoms with Crippen molar-refractivity contribution in [3.63, 3.8) is 0 Å². The average Bonchev–Trinajstić information content (AvgIpc) is 2.93. The van der Waals surface area contributed by atoms with Crippen molar-refractivity contribution in [1.29, 1.82) is 0 Å². The summed E-state index contributed by atoms with van der Waals surface area (Å²) in [7, 11) is 1.73. The van der Waals surface area contributed by atoms with Gasteiger partial charge in [0, 0.05) is 13.2 Å². The van der Waals surface area contributed by atoms with Gasteiger partial charge in [-0.25, -0.2) is 0 Å². The minimum Gasteiger partial charge on any atom is -0.492 e. The summed E-state index contributed by atoms with van der Waals surface area (Å²) in [5.74, 6) is 0.712. The summed E-state index contributed by atoms with van der Waals surface area (Å²) in [4.78, 5) is 13.4. The number of ether oxygens (including phenoxy) is 1. The van der Waals surface area contributed by atoms with E-state index in [1.165, 1.54) is 0 Å². The Morgan fingerprint density at radius 3 is 2.78 bits per heavy atom. The van der Waals surface area contributed by atoms with Gasteiger partial charge in [-0.05, 0) is 18.2 Å². The van der Waals surface area contributed by atoms with Gasteiger partial charge in [0.25, 0.3) is 5.91 Å². The van der Waals surface area contributed by atoms with Gasteiger partial charge in [0.05, 0.1) is 6.54 Å². The van der Waals surface area contributed by atoms with Crippen LogP contribution < -0.4 is 4.74 Å². The summed E-state index contributed by atoms with van der Waals surface area (Å²) < 4.78 is 5.52. The molecule has 0 aliphatic heterocycles. The van der Waals surface area contributed by atoms with E-state index in [0.29, 0.717) is 18.8 Å². The van der Waals surface area contributed by atoms with Gasteiger partial charge in [0.15, 0.2) is 0 Å². The van der Waals surface area contributed by atoms with Crippen LogP contribution in [0.3, 0.4) is 0 Å². The number of hydrogen-bond donors (Lipinski definition) is 1. The second-order valence-electron chi connectivity index (χ2n) is 3.86. The van der Waals surface area contributed by atoms with Crippen molar-refractivity contribution < 1.29 is 9.53 Å². The summed E-state index contributed by atoms with van der Waals surface area (Å²) in [5.41, 5.74) is 0.484. The Kier molecular flexibility index (Phi) is 3.96. The van der Waals surface area contributed by atoms with Crippen molar-refractivity contribution in [2.24, 2.45) is 0 Å². The summed E-state index contributed by atoms with van der Waals surface area (Å²) in [6, 6.07) is 11.2. The third-order valence-corrected chi connectivity index (χ3v) is 2.52. The number of rotatable bonds is 5. The van der Waals surface area contributed by atoms with Gasteiger partial charge in [-0.1, -0.05) is 18.2 Å². The van der Waals surface area contributed by atoms with Crippen molar-refractivity contribution in [2.75, 3.05) is 20.2 Å². The second-order valence-corrected chi connectivity index (χ2v) is 3.86. The Hall–Kier alpha value is -2.30. The molecule has 2 rings (SSSR count). The molecule has 1 aromatic heterocycles. The fraction of sp³-hybridized carbons (Fsp3) is 0.231. The number of aromatic amines is 1. The van der Waals surface area contributed by atoms with Crippen molar-refractivity contribution in [1.82, 2.24) is 15.1 Å². The lowest BCUT2D eigenvalue weighted by Gasteiger charge is -2.16.